The van der Waals surface area contributed by atoms with Crippen LogP contribution in [0.15, 0.2) is 0 Å². The quantitative estimate of drug-likeness (QED) is 0.749. The van der Waals surface area contributed by atoms with Gasteiger partial charge in [0.25, 0.3) is 0 Å². The van der Waals surface area contributed by atoms with Gasteiger partial charge >= 0.3 is 0 Å². The third-order valence-corrected chi connectivity index (χ3v) is 3.61. The predicted octanol–water partition coefficient (Wildman–Crippen LogP) is 2.25. The molecule has 2 heteroatoms. The lowest BCUT2D eigenvalue weighted by molar-refractivity contribution is 0.146. The van der Waals surface area contributed by atoms with Crippen molar-refractivity contribution in [2.45, 2.75) is 58.0 Å². The molecule has 0 spiro atoms. The average molecular weight is 210 g/mol. The van der Waals surface area contributed by atoms with Crippen molar-refractivity contribution in [3.05, 3.63) is 0 Å². The maximum Gasteiger partial charge on any atom is 0.0200 e. The first-order chi connectivity index (χ1) is 7.28. The predicted molar refractivity (Wildman–Crippen MR) is 65.1 cm³/mol. The van der Waals surface area contributed by atoms with Crippen molar-refractivity contribution in [3.8, 4) is 0 Å². The highest BCUT2D eigenvalue weighted by Gasteiger charge is 2.29. The Morgan fingerprint density at radius 1 is 1.20 bits per heavy atom. The summed E-state index contributed by atoms with van der Waals surface area (Å²) in [4.78, 5) is 2.66. The van der Waals surface area contributed by atoms with Crippen molar-refractivity contribution in [2.75, 3.05) is 19.6 Å². The highest BCUT2D eigenvalue weighted by Crippen LogP contribution is 2.23. The topological polar surface area (TPSA) is 15.3 Å². The largest absolute Gasteiger partial charge is 0.310 e. The molecule has 1 N–H and O–H groups in total. The van der Waals surface area contributed by atoms with Gasteiger partial charge in [-0.25, -0.2) is 0 Å². The van der Waals surface area contributed by atoms with E-state index in [1.54, 1.807) is 0 Å². The SMILES string of the molecule is CCCCN1CC(C)CC(NC2CC2)C1. The Balaban J connectivity index is 1.74. The molecule has 88 valence electrons. The zero-order chi connectivity index (χ0) is 10.7. The van der Waals surface area contributed by atoms with Gasteiger partial charge in [0, 0.05) is 25.2 Å². The van der Waals surface area contributed by atoms with Crippen molar-refractivity contribution in [1.82, 2.24) is 10.2 Å². The number of hydrogen-bond acceptors (Lipinski definition) is 2. The zero-order valence-corrected chi connectivity index (χ0v) is 10.3. The molecule has 15 heavy (non-hydrogen) atoms. The van der Waals surface area contributed by atoms with Crippen LogP contribution in [0.2, 0.25) is 0 Å². The summed E-state index contributed by atoms with van der Waals surface area (Å²) in [7, 11) is 0. The molecule has 0 amide bonds. The lowest BCUT2D eigenvalue weighted by atomic mass is 9.95. The Bertz CT molecular complexity index is 187. The first-order valence-electron chi connectivity index (χ1n) is 6.76. The zero-order valence-electron chi connectivity index (χ0n) is 10.3. The van der Waals surface area contributed by atoms with Gasteiger partial charge in [0.15, 0.2) is 0 Å². The summed E-state index contributed by atoms with van der Waals surface area (Å²) >= 11 is 0. The normalized spacial score (nSPS) is 33.2. The van der Waals surface area contributed by atoms with E-state index in [1.807, 2.05) is 0 Å². The third-order valence-electron chi connectivity index (χ3n) is 3.61. The van der Waals surface area contributed by atoms with Crippen molar-refractivity contribution in [3.63, 3.8) is 0 Å². The molecule has 0 aromatic carbocycles. The number of rotatable bonds is 5. The molecule has 2 rings (SSSR count). The van der Waals surface area contributed by atoms with Gasteiger partial charge in [0.2, 0.25) is 0 Å². The maximum atomic E-state index is 3.79. The molecule has 2 fully saturated rings. The molecule has 1 aliphatic heterocycles. The number of nitrogens with one attached hydrogen (secondary N) is 1. The minimum atomic E-state index is 0.776. The fourth-order valence-electron chi connectivity index (χ4n) is 2.73. The maximum absolute atomic E-state index is 3.79. The molecule has 1 saturated heterocycles. The van der Waals surface area contributed by atoms with E-state index >= 15 is 0 Å². The van der Waals surface area contributed by atoms with Crippen molar-refractivity contribution >= 4 is 0 Å². The summed E-state index contributed by atoms with van der Waals surface area (Å²) in [6.45, 7) is 8.61. The molecule has 2 atom stereocenters. The van der Waals surface area contributed by atoms with Gasteiger partial charge in [-0.2, -0.15) is 0 Å². The van der Waals surface area contributed by atoms with E-state index in [4.69, 9.17) is 0 Å². The van der Waals surface area contributed by atoms with E-state index in [0.29, 0.717) is 0 Å². The monoisotopic (exact) mass is 210 g/mol. The Hall–Kier alpha value is -0.0800. The second-order valence-electron chi connectivity index (χ2n) is 5.59. The summed E-state index contributed by atoms with van der Waals surface area (Å²) in [5.41, 5.74) is 0. The van der Waals surface area contributed by atoms with E-state index in [9.17, 15) is 0 Å². The molecule has 0 bridgehead atoms. The average Bonchev–Trinajstić information content (AvgIpc) is 2.98. The number of hydrogen-bond donors (Lipinski definition) is 1. The lowest BCUT2D eigenvalue weighted by Gasteiger charge is -2.37. The van der Waals surface area contributed by atoms with Gasteiger partial charge in [-0.15, -0.1) is 0 Å². The smallest absolute Gasteiger partial charge is 0.0200 e. The van der Waals surface area contributed by atoms with Crippen LogP contribution in [0.25, 0.3) is 0 Å². The van der Waals surface area contributed by atoms with Crippen LogP contribution >= 0.6 is 0 Å². The molecule has 0 radical (unpaired) electrons. The van der Waals surface area contributed by atoms with Crippen LogP contribution in [0.5, 0.6) is 0 Å². The van der Waals surface area contributed by atoms with Crippen LogP contribution in [0.3, 0.4) is 0 Å². The Morgan fingerprint density at radius 3 is 2.67 bits per heavy atom. The summed E-state index contributed by atoms with van der Waals surface area (Å²) < 4.78 is 0. The Labute approximate surface area is 94.4 Å². The van der Waals surface area contributed by atoms with Crippen LogP contribution < -0.4 is 5.32 Å². The van der Waals surface area contributed by atoms with Crippen molar-refractivity contribution < 1.29 is 0 Å². The van der Waals surface area contributed by atoms with Crippen LogP contribution in [0.4, 0.5) is 0 Å². The van der Waals surface area contributed by atoms with Gasteiger partial charge in [0.05, 0.1) is 0 Å². The van der Waals surface area contributed by atoms with Crippen molar-refractivity contribution in [2.24, 2.45) is 5.92 Å². The van der Waals surface area contributed by atoms with Gasteiger partial charge in [-0.3, -0.25) is 0 Å². The highest BCUT2D eigenvalue weighted by molar-refractivity contribution is 4.89. The van der Waals surface area contributed by atoms with E-state index < -0.39 is 0 Å². The van der Waals surface area contributed by atoms with Gasteiger partial charge in [-0.1, -0.05) is 20.3 Å². The first kappa shape index (κ1) is 11.4. The first-order valence-corrected chi connectivity index (χ1v) is 6.76. The van der Waals surface area contributed by atoms with Gasteiger partial charge in [0.1, 0.15) is 0 Å². The van der Waals surface area contributed by atoms with E-state index in [-0.39, 0.29) is 0 Å². The van der Waals surface area contributed by atoms with Crippen LogP contribution in [-0.2, 0) is 0 Å². The lowest BCUT2D eigenvalue weighted by Crippen LogP contribution is -2.49. The molecule has 2 nitrogen and oxygen atoms in total. The highest BCUT2D eigenvalue weighted by atomic mass is 15.2. The number of piperidine rings is 1. The molecule has 1 saturated carbocycles. The minimum absolute atomic E-state index is 0.776. The molecule has 0 aromatic rings. The van der Waals surface area contributed by atoms with Crippen LogP contribution in [-0.4, -0.2) is 36.6 Å². The molecular formula is C13H26N2. The molecule has 1 aliphatic carbocycles. The fraction of sp³-hybridized carbons (Fsp3) is 1.00. The van der Waals surface area contributed by atoms with Crippen LogP contribution in [0.1, 0.15) is 46.0 Å². The summed E-state index contributed by atoms with van der Waals surface area (Å²) in [5, 5.41) is 3.79. The summed E-state index contributed by atoms with van der Waals surface area (Å²) in [6, 6.07) is 1.64. The fourth-order valence-corrected chi connectivity index (χ4v) is 2.73. The number of likely N-dealkylation sites (tertiary alicyclic amines) is 1. The number of unbranched alkanes of at least 4 members (excludes halogenated alkanes) is 1. The molecule has 1 heterocycles. The molecule has 2 aliphatic rings. The van der Waals surface area contributed by atoms with Crippen LogP contribution in [0, 0.1) is 5.92 Å². The van der Waals surface area contributed by atoms with Gasteiger partial charge in [-0.05, 0) is 38.1 Å². The standard InChI is InChI=1S/C13H26N2/c1-3-4-7-15-9-11(2)8-13(10-15)14-12-5-6-12/h11-14H,3-10H2,1-2H3. The molecule has 0 aromatic heterocycles. The van der Waals surface area contributed by atoms with E-state index in [2.05, 4.69) is 24.1 Å². The van der Waals surface area contributed by atoms with Gasteiger partial charge < -0.3 is 10.2 Å². The summed E-state index contributed by atoms with van der Waals surface area (Å²) in [6.07, 6.45) is 6.91. The molecule has 2 unspecified atom stereocenters. The molecular weight excluding hydrogens is 184 g/mol. The third kappa shape index (κ3) is 3.76. The van der Waals surface area contributed by atoms with E-state index in [1.165, 1.54) is 51.7 Å². The second kappa shape index (κ2) is 5.31. The Morgan fingerprint density at radius 2 is 2.00 bits per heavy atom. The second-order valence-corrected chi connectivity index (χ2v) is 5.59. The minimum Gasteiger partial charge on any atom is -0.310 e. The Kier molecular flexibility index (Phi) is 4.04. The number of nitrogens with zero attached hydrogens (tertiary/aromatic N) is 1. The van der Waals surface area contributed by atoms with E-state index in [0.717, 1.165) is 18.0 Å². The van der Waals surface area contributed by atoms with Crippen molar-refractivity contribution in [1.29, 1.82) is 0 Å². The summed E-state index contributed by atoms with van der Waals surface area (Å²) in [5.74, 6) is 0.881.